The molecular weight excluding hydrogens is 345 g/mol. The second-order valence-electron chi connectivity index (χ2n) is 6.84. The normalized spacial score (nSPS) is 17.1. The highest BCUT2D eigenvalue weighted by molar-refractivity contribution is 6.07. The molecule has 1 atom stereocenters. The minimum atomic E-state index is -0.416. The maximum atomic E-state index is 13.9. The molecule has 0 saturated carbocycles. The second-order valence-corrected chi connectivity index (χ2v) is 6.84. The van der Waals surface area contributed by atoms with Crippen LogP contribution in [0.25, 0.3) is 22.2 Å². The molecular formula is C20H18FN5O. The van der Waals surface area contributed by atoms with Crippen molar-refractivity contribution in [3.8, 4) is 17.3 Å². The van der Waals surface area contributed by atoms with Gasteiger partial charge in [-0.1, -0.05) is 0 Å². The quantitative estimate of drug-likeness (QED) is 0.701. The molecule has 6 nitrogen and oxygen atoms in total. The average Bonchev–Trinajstić information content (AvgIpc) is 3.13. The summed E-state index contributed by atoms with van der Waals surface area (Å²) >= 11 is 0. The fraction of sp³-hybridized carbons (Fsp3) is 0.300. The molecule has 3 aromatic rings. The number of aromatic nitrogens is 3. The Balaban J connectivity index is 1.83. The highest BCUT2D eigenvalue weighted by Crippen LogP contribution is 2.27. The van der Waals surface area contributed by atoms with Crippen molar-refractivity contribution in [1.82, 2.24) is 19.7 Å². The smallest absolute Gasteiger partial charge is 0.254 e. The van der Waals surface area contributed by atoms with E-state index in [9.17, 15) is 14.4 Å². The van der Waals surface area contributed by atoms with Crippen molar-refractivity contribution in [1.29, 1.82) is 5.26 Å². The predicted molar refractivity (Wildman–Crippen MR) is 98.1 cm³/mol. The lowest BCUT2D eigenvalue weighted by atomic mass is 9.98. The van der Waals surface area contributed by atoms with Crippen molar-refractivity contribution < 1.29 is 9.18 Å². The van der Waals surface area contributed by atoms with E-state index in [0.717, 1.165) is 18.4 Å². The summed E-state index contributed by atoms with van der Waals surface area (Å²) in [5, 5.41) is 13.8. The van der Waals surface area contributed by atoms with Gasteiger partial charge in [-0.25, -0.2) is 9.37 Å². The van der Waals surface area contributed by atoms with Crippen LogP contribution in [0.2, 0.25) is 0 Å². The number of aryl methyl sites for hydroxylation is 1. The Morgan fingerprint density at radius 1 is 1.37 bits per heavy atom. The van der Waals surface area contributed by atoms with Gasteiger partial charge in [0.25, 0.3) is 5.91 Å². The third-order valence-electron chi connectivity index (χ3n) is 4.89. The van der Waals surface area contributed by atoms with Crippen molar-refractivity contribution in [3.63, 3.8) is 0 Å². The molecule has 3 heterocycles. The number of fused-ring (bicyclic) bond motifs is 1. The summed E-state index contributed by atoms with van der Waals surface area (Å²) in [6.45, 7) is 0.995. The molecule has 0 N–H and O–H groups in total. The van der Waals surface area contributed by atoms with Crippen LogP contribution in [0, 0.1) is 23.1 Å². The molecule has 27 heavy (non-hydrogen) atoms. The average molecular weight is 363 g/mol. The number of rotatable bonds is 2. The lowest BCUT2D eigenvalue weighted by Crippen LogP contribution is -2.39. The number of piperidine rings is 1. The van der Waals surface area contributed by atoms with Crippen LogP contribution < -0.4 is 0 Å². The van der Waals surface area contributed by atoms with Crippen LogP contribution >= 0.6 is 0 Å². The zero-order valence-corrected chi connectivity index (χ0v) is 14.9. The molecule has 0 spiro atoms. The van der Waals surface area contributed by atoms with Gasteiger partial charge in [-0.05, 0) is 37.1 Å². The van der Waals surface area contributed by atoms with Gasteiger partial charge in [0.05, 0.1) is 35.0 Å². The van der Waals surface area contributed by atoms with E-state index >= 15 is 0 Å². The lowest BCUT2D eigenvalue weighted by molar-refractivity contribution is 0.0701. The zero-order chi connectivity index (χ0) is 19.0. The molecule has 7 heteroatoms. The van der Waals surface area contributed by atoms with Gasteiger partial charge >= 0.3 is 0 Å². The van der Waals surface area contributed by atoms with Gasteiger partial charge in [0.2, 0.25) is 0 Å². The van der Waals surface area contributed by atoms with Crippen molar-refractivity contribution in [3.05, 3.63) is 48.0 Å². The largest absolute Gasteiger partial charge is 0.337 e. The van der Waals surface area contributed by atoms with Gasteiger partial charge in [-0.2, -0.15) is 10.4 Å². The van der Waals surface area contributed by atoms with E-state index in [-0.39, 0.29) is 11.8 Å². The van der Waals surface area contributed by atoms with E-state index in [1.165, 1.54) is 12.1 Å². The Morgan fingerprint density at radius 2 is 2.22 bits per heavy atom. The zero-order valence-electron chi connectivity index (χ0n) is 14.9. The first-order valence-electron chi connectivity index (χ1n) is 8.83. The summed E-state index contributed by atoms with van der Waals surface area (Å²) < 4.78 is 15.5. The van der Waals surface area contributed by atoms with E-state index in [0.29, 0.717) is 35.2 Å². The fourth-order valence-corrected chi connectivity index (χ4v) is 3.51. The maximum Gasteiger partial charge on any atom is 0.254 e. The fourth-order valence-electron chi connectivity index (χ4n) is 3.51. The first-order valence-corrected chi connectivity index (χ1v) is 8.83. The molecule has 136 valence electrons. The van der Waals surface area contributed by atoms with E-state index in [1.807, 2.05) is 13.2 Å². The number of nitrogens with zero attached hydrogens (tertiary/aromatic N) is 5. The van der Waals surface area contributed by atoms with Crippen LogP contribution in [0.5, 0.6) is 0 Å². The standard InChI is InChI=1S/C20H18FN5O/c1-25-12-14(10-23-25)19-8-17(16-7-15(21)4-5-18(16)24-19)20(27)26-6-2-3-13(9-22)11-26/h4-5,7-8,10,12-13H,2-3,6,11H2,1H3. The molecule has 0 radical (unpaired) electrons. The number of hydrogen-bond acceptors (Lipinski definition) is 4. The minimum Gasteiger partial charge on any atom is -0.337 e. The molecule has 0 aliphatic carbocycles. The molecule has 4 rings (SSSR count). The number of hydrogen-bond donors (Lipinski definition) is 0. The first-order chi connectivity index (χ1) is 13.0. The summed E-state index contributed by atoms with van der Waals surface area (Å²) in [5.41, 5.74) is 2.35. The topological polar surface area (TPSA) is 74.8 Å². The number of nitriles is 1. The van der Waals surface area contributed by atoms with Crippen LogP contribution in [0.15, 0.2) is 36.7 Å². The summed E-state index contributed by atoms with van der Waals surface area (Å²) in [5.74, 6) is -0.774. The summed E-state index contributed by atoms with van der Waals surface area (Å²) in [4.78, 5) is 19.5. The van der Waals surface area contributed by atoms with Gasteiger partial charge < -0.3 is 4.90 Å². The third-order valence-corrected chi connectivity index (χ3v) is 4.89. The van der Waals surface area contributed by atoms with E-state index in [4.69, 9.17) is 0 Å². The van der Waals surface area contributed by atoms with E-state index in [2.05, 4.69) is 16.2 Å². The summed E-state index contributed by atoms with van der Waals surface area (Å²) in [7, 11) is 1.81. The van der Waals surface area contributed by atoms with Crippen molar-refractivity contribution >= 4 is 16.8 Å². The molecule has 1 aliphatic rings. The summed E-state index contributed by atoms with van der Waals surface area (Å²) in [6.07, 6.45) is 5.08. The number of amides is 1. The predicted octanol–water partition coefficient (Wildman–Crippen LogP) is 3.15. The summed E-state index contributed by atoms with van der Waals surface area (Å²) in [6, 6.07) is 8.20. The van der Waals surface area contributed by atoms with Crippen molar-refractivity contribution in [2.24, 2.45) is 13.0 Å². The number of carbonyl (C=O) groups excluding carboxylic acids is 1. The second kappa shape index (κ2) is 6.80. The van der Waals surface area contributed by atoms with E-state index in [1.54, 1.807) is 27.9 Å². The molecule has 1 aliphatic heterocycles. The van der Waals surface area contributed by atoms with Crippen LogP contribution in [0.1, 0.15) is 23.2 Å². The Kier molecular flexibility index (Phi) is 4.32. The molecule has 1 fully saturated rings. The SMILES string of the molecule is Cn1cc(-c2cc(C(=O)N3CCCC(C#N)C3)c3cc(F)ccc3n2)cn1. The molecule has 1 amide bonds. The monoisotopic (exact) mass is 363 g/mol. The Labute approximate surface area is 155 Å². The molecule has 0 bridgehead atoms. The number of likely N-dealkylation sites (tertiary alicyclic amines) is 1. The Hall–Kier alpha value is -3.27. The number of carbonyl (C=O) groups is 1. The Morgan fingerprint density at radius 3 is 2.96 bits per heavy atom. The highest BCUT2D eigenvalue weighted by atomic mass is 19.1. The van der Waals surface area contributed by atoms with Gasteiger partial charge in [-0.3, -0.25) is 9.48 Å². The third kappa shape index (κ3) is 3.26. The lowest BCUT2D eigenvalue weighted by Gasteiger charge is -2.30. The van der Waals surface area contributed by atoms with Crippen LogP contribution in [-0.4, -0.2) is 38.7 Å². The highest BCUT2D eigenvalue weighted by Gasteiger charge is 2.26. The van der Waals surface area contributed by atoms with Crippen molar-refractivity contribution in [2.75, 3.05) is 13.1 Å². The number of pyridine rings is 1. The van der Waals surface area contributed by atoms with Crippen LogP contribution in [-0.2, 0) is 7.05 Å². The van der Waals surface area contributed by atoms with Crippen LogP contribution in [0.3, 0.4) is 0 Å². The maximum absolute atomic E-state index is 13.9. The Bertz CT molecular complexity index is 1070. The minimum absolute atomic E-state index is 0.162. The molecule has 1 unspecified atom stereocenters. The van der Waals surface area contributed by atoms with Gasteiger partial charge in [-0.15, -0.1) is 0 Å². The van der Waals surface area contributed by atoms with Crippen molar-refractivity contribution in [2.45, 2.75) is 12.8 Å². The van der Waals surface area contributed by atoms with E-state index < -0.39 is 5.82 Å². The van der Waals surface area contributed by atoms with Gasteiger partial charge in [0.15, 0.2) is 0 Å². The molecule has 1 aromatic carbocycles. The van der Waals surface area contributed by atoms with Gasteiger partial charge in [0.1, 0.15) is 5.82 Å². The van der Waals surface area contributed by atoms with Crippen LogP contribution in [0.4, 0.5) is 4.39 Å². The number of benzene rings is 1. The molecule has 2 aromatic heterocycles. The molecule has 1 saturated heterocycles. The van der Waals surface area contributed by atoms with Gasteiger partial charge in [0, 0.05) is 37.3 Å². The first kappa shape index (κ1) is 17.2. The number of halogens is 1.